The Labute approximate surface area is 187 Å². The summed E-state index contributed by atoms with van der Waals surface area (Å²) in [5, 5.41) is 3.14. The van der Waals surface area contributed by atoms with Crippen molar-refractivity contribution < 1.29 is 9.47 Å². The molecule has 0 spiro atoms. The summed E-state index contributed by atoms with van der Waals surface area (Å²) in [5.74, 6) is 4.88. The van der Waals surface area contributed by atoms with E-state index in [4.69, 9.17) is 9.47 Å². The molecule has 0 unspecified atom stereocenters. The number of hydrogen-bond acceptors (Lipinski definition) is 3. The zero-order chi connectivity index (χ0) is 21.5. The van der Waals surface area contributed by atoms with Crippen LogP contribution in [0.2, 0.25) is 0 Å². The minimum atomic E-state index is 0.301. The molecule has 0 N–H and O–H groups in total. The van der Waals surface area contributed by atoms with Gasteiger partial charge in [0.2, 0.25) is 0 Å². The molecule has 0 atom stereocenters. The fraction of sp³-hybridized carbons (Fsp3) is 0.500. The molecule has 1 aromatic heterocycles. The van der Waals surface area contributed by atoms with Crippen molar-refractivity contribution in [3.63, 3.8) is 0 Å². The Balaban J connectivity index is 1.93. The van der Waals surface area contributed by atoms with Crippen LogP contribution in [0, 0.1) is 31.9 Å². The van der Waals surface area contributed by atoms with Crippen molar-refractivity contribution in [3.8, 4) is 16.9 Å². The second kappa shape index (κ2) is 11.1. The van der Waals surface area contributed by atoms with E-state index < -0.39 is 0 Å². The second-order valence-electron chi connectivity index (χ2n) is 8.34. The standard InChI is InChI=1S/C26H33BO2S/c1-18-15-22(13-14-30-5)19(2)20(3)24(18)16-23-11-12-25(29-17-28-4)26(27-23)21-9-7-6-8-10-21/h11-12,15,21H,6-10,16-17H2,1-5H3. The topological polar surface area (TPSA) is 18.5 Å². The third-order valence-electron chi connectivity index (χ3n) is 6.38. The fourth-order valence-electron chi connectivity index (χ4n) is 4.54. The third-order valence-corrected chi connectivity index (χ3v) is 6.68. The Morgan fingerprint density at radius 1 is 1.10 bits per heavy atom. The van der Waals surface area contributed by atoms with Gasteiger partial charge in [-0.05, 0) is 0 Å². The van der Waals surface area contributed by atoms with Crippen LogP contribution < -0.4 is 4.74 Å². The van der Waals surface area contributed by atoms with Crippen LogP contribution in [0.15, 0.2) is 18.2 Å². The molecule has 2 nitrogen and oxygen atoms in total. The first-order chi connectivity index (χ1) is 14.5. The van der Waals surface area contributed by atoms with Gasteiger partial charge >= 0.3 is 187 Å². The molecule has 158 valence electrons. The van der Waals surface area contributed by atoms with E-state index in [1.807, 2.05) is 6.26 Å². The molecule has 4 heteroatoms. The second-order valence-corrected chi connectivity index (χ2v) is 8.95. The van der Waals surface area contributed by atoms with Crippen molar-refractivity contribution in [3.05, 3.63) is 56.9 Å². The van der Waals surface area contributed by atoms with Gasteiger partial charge in [-0.2, -0.15) is 0 Å². The van der Waals surface area contributed by atoms with E-state index in [1.54, 1.807) is 18.9 Å². The van der Waals surface area contributed by atoms with Gasteiger partial charge in [0.1, 0.15) is 0 Å². The van der Waals surface area contributed by atoms with Crippen LogP contribution >= 0.6 is 11.8 Å². The first kappa shape index (κ1) is 23.0. The molecule has 1 heterocycles. The molecular formula is C26H33BO2S. The van der Waals surface area contributed by atoms with Crippen molar-refractivity contribution in [1.29, 1.82) is 0 Å². The van der Waals surface area contributed by atoms with Crippen LogP contribution in [0.5, 0.6) is 5.75 Å². The third kappa shape index (κ3) is 5.51. The predicted molar refractivity (Wildman–Crippen MR) is 130 cm³/mol. The molecule has 1 aromatic carbocycles. The Kier molecular flexibility index (Phi) is 8.48. The van der Waals surface area contributed by atoms with Crippen LogP contribution in [-0.4, -0.2) is 27.1 Å². The number of methoxy groups -OCH3 is 1. The van der Waals surface area contributed by atoms with Crippen molar-refractivity contribution >= 4 is 18.7 Å². The van der Waals surface area contributed by atoms with E-state index in [9.17, 15) is 0 Å². The van der Waals surface area contributed by atoms with Crippen molar-refractivity contribution in [1.82, 2.24) is 0 Å². The number of hydrogen-bond donors (Lipinski definition) is 0. The molecule has 0 amide bonds. The van der Waals surface area contributed by atoms with Gasteiger partial charge in [-0.25, -0.2) is 0 Å². The van der Waals surface area contributed by atoms with Gasteiger partial charge < -0.3 is 0 Å². The minimum absolute atomic E-state index is 0.301. The summed E-state index contributed by atoms with van der Waals surface area (Å²) >= 11 is 1.56. The Morgan fingerprint density at radius 2 is 1.87 bits per heavy atom. The Bertz CT molecular complexity index is 936. The van der Waals surface area contributed by atoms with Gasteiger partial charge in [-0.3, -0.25) is 0 Å². The van der Waals surface area contributed by atoms with Gasteiger partial charge in [0.25, 0.3) is 0 Å². The predicted octanol–water partition coefficient (Wildman–Crippen LogP) is 6.24. The van der Waals surface area contributed by atoms with E-state index in [2.05, 4.69) is 57.1 Å². The summed E-state index contributed by atoms with van der Waals surface area (Å²) in [4.78, 5) is 0. The van der Waals surface area contributed by atoms with Crippen molar-refractivity contribution in [2.75, 3.05) is 20.2 Å². The first-order valence-electron chi connectivity index (χ1n) is 10.9. The van der Waals surface area contributed by atoms with Crippen molar-refractivity contribution in [2.24, 2.45) is 0 Å². The van der Waals surface area contributed by atoms with Crippen LogP contribution in [0.25, 0.3) is 0 Å². The Hall–Kier alpha value is -1.70. The monoisotopic (exact) mass is 420 g/mol. The van der Waals surface area contributed by atoms with Crippen molar-refractivity contribution in [2.45, 2.75) is 65.2 Å². The molecule has 0 bridgehead atoms. The molecule has 0 saturated heterocycles. The number of rotatable bonds is 6. The normalized spacial score (nSPS) is 14.2. The molecule has 1 aliphatic carbocycles. The molecule has 1 fully saturated rings. The molecule has 3 rings (SSSR count). The number of benzene rings is 1. The quantitative estimate of drug-likeness (QED) is 0.407. The fourth-order valence-corrected chi connectivity index (χ4v) is 4.75. The zero-order valence-corrected chi connectivity index (χ0v) is 19.9. The van der Waals surface area contributed by atoms with Crippen LogP contribution in [-0.2, 0) is 11.2 Å². The van der Waals surface area contributed by atoms with Gasteiger partial charge in [0, 0.05) is 0 Å². The van der Waals surface area contributed by atoms with E-state index in [1.165, 1.54) is 65.3 Å². The molecule has 1 saturated carbocycles. The van der Waals surface area contributed by atoms with Crippen LogP contribution in [0.4, 0.5) is 0 Å². The van der Waals surface area contributed by atoms with Crippen LogP contribution in [0.1, 0.15) is 76.8 Å². The molecule has 1 aliphatic rings. The number of thioether (sulfide) groups is 1. The van der Waals surface area contributed by atoms with Crippen LogP contribution in [0.3, 0.4) is 0 Å². The summed E-state index contributed by atoms with van der Waals surface area (Å²) in [7, 11) is 1.68. The van der Waals surface area contributed by atoms with Gasteiger partial charge in [0.15, 0.2) is 0 Å². The Morgan fingerprint density at radius 3 is 2.57 bits per heavy atom. The van der Waals surface area contributed by atoms with Gasteiger partial charge in [-0.1, -0.05) is 0 Å². The summed E-state index contributed by atoms with van der Waals surface area (Å²) in [6.07, 6.45) is 9.45. The number of ether oxygens (including phenoxy) is 2. The summed E-state index contributed by atoms with van der Waals surface area (Å²) < 4.78 is 11.1. The molecule has 0 aliphatic heterocycles. The average Bonchev–Trinajstić information content (AvgIpc) is 2.77. The maximum absolute atomic E-state index is 5.93. The van der Waals surface area contributed by atoms with E-state index in [-0.39, 0.29) is 0 Å². The summed E-state index contributed by atoms with van der Waals surface area (Å²) in [5.41, 5.74) is 9.26. The zero-order valence-electron chi connectivity index (χ0n) is 19.1. The molecule has 0 radical (unpaired) electrons. The SMILES string of the molecule is COCOc1ccc(Cc2c(C)cc(C#CSC)c(C)c2C)bc1C1CCCCC1. The van der Waals surface area contributed by atoms with E-state index in [0.29, 0.717) is 12.7 Å². The molecule has 30 heavy (non-hydrogen) atoms. The molecule has 2 aromatic rings. The summed E-state index contributed by atoms with van der Waals surface area (Å²) in [6, 6.07) is 6.61. The van der Waals surface area contributed by atoms with E-state index in [0.717, 1.165) is 17.7 Å². The van der Waals surface area contributed by atoms with Gasteiger partial charge in [-0.15, -0.1) is 0 Å². The molecular weight excluding hydrogens is 387 g/mol. The van der Waals surface area contributed by atoms with Gasteiger partial charge in [0.05, 0.1) is 0 Å². The first-order valence-corrected chi connectivity index (χ1v) is 12.2. The summed E-state index contributed by atoms with van der Waals surface area (Å²) in [6.45, 7) is 9.33. The average molecular weight is 420 g/mol. The van der Waals surface area contributed by atoms with E-state index >= 15 is 0 Å². The number of aryl methyl sites for hydroxylation is 1. The maximum atomic E-state index is 5.93.